The van der Waals surface area contributed by atoms with Crippen LogP contribution in [0.3, 0.4) is 0 Å². The van der Waals surface area contributed by atoms with E-state index in [4.69, 9.17) is 5.73 Å². The number of H-pyrrole nitrogens is 1. The number of hydrogen-bond acceptors (Lipinski definition) is 4. The highest BCUT2D eigenvalue weighted by atomic mass is 19.1. The zero-order valence-electron chi connectivity index (χ0n) is 21.8. The standard InChI is InChI=1S/C31H28FN5O2/c1-18-23(4-3-5-29(18)37-17-34-27-9-7-22(32)14-26(27)31(37)39)24-8-6-21(16-33)30-25(24)15-28(35-30)20-10-12-36(13-11-20)19(2)38/h3-10,14-15,17,35H,11-13,16,33H2,1-2H3. The van der Waals surface area contributed by atoms with Crippen LogP contribution in [-0.4, -0.2) is 38.4 Å². The van der Waals surface area contributed by atoms with Crippen molar-refractivity contribution in [2.45, 2.75) is 26.8 Å². The topological polar surface area (TPSA) is 97.0 Å². The minimum Gasteiger partial charge on any atom is -0.355 e. The van der Waals surface area contributed by atoms with Gasteiger partial charge in [0.15, 0.2) is 0 Å². The minimum absolute atomic E-state index is 0.0795. The Hall–Kier alpha value is -4.56. The zero-order chi connectivity index (χ0) is 27.3. The van der Waals surface area contributed by atoms with E-state index in [1.165, 1.54) is 34.7 Å². The molecule has 6 rings (SSSR count). The predicted octanol–water partition coefficient (Wildman–Crippen LogP) is 5.08. The van der Waals surface area contributed by atoms with Gasteiger partial charge in [0.2, 0.25) is 5.91 Å². The molecule has 1 aliphatic rings. The molecular weight excluding hydrogens is 493 g/mol. The molecule has 1 amide bonds. The first-order valence-electron chi connectivity index (χ1n) is 12.9. The Kier molecular flexibility index (Phi) is 6.12. The Morgan fingerprint density at radius 3 is 2.69 bits per heavy atom. The molecule has 0 radical (unpaired) electrons. The molecule has 196 valence electrons. The van der Waals surface area contributed by atoms with Gasteiger partial charge in [0.1, 0.15) is 12.1 Å². The minimum atomic E-state index is -0.475. The van der Waals surface area contributed by atoms with E-state index in [0.29, 0.717) is 30.8 Å². The monoisotopic (exact) mass is 521 g/mol. The predicted molar refractivity (Wildman–Crippen MR) is 152 cm³/mol. The first-order chi connectivity index (χ1) is 18.9. The number of amides is 1. The molecule has 39 heavy (non-hydrogen) atoms. The Morgan fingerprint density at radius 2 is 1.95 bits per heavy atom. The van der Waals surface area contributed by atoms with E-state index in [1.807, 2.05) is 36.1 Å². The van der Waals surface area contributed by atoms with Crippen molar-refractivity contribution in [2.75, 3.05) is 13.1 Å². The molecule has 0 bridgehead atoms. The number of hydrogen-bond donors (Lipinski definition) is 2. The van der Waals surface area contributed by atoms with Crippen molar-refractivity contribution in [3.05, 3.63) is 100.0 Å². The van der Waals surface area contributed by atoms with Crippen molar-refractivity contribution in [3.63, 3.8) is 0 Å². The maximum atomic E-state index is 13.9. The summed E-state index contributed by atoms with van der Waals surface area (Å²) in [6.45, 7) is 5.24. The van der Waals surface area contributed by atoms with Gasteiger partial charge in [-0.3, -0.25) is 14.2 Å². The summed E-state index contributed by atoms with van der Waals surface area (Å²) < 4.78 is 15.4. The van der Waals surface area contributed by atoms with Crippen LogP contribution in [0.5, 0.6) is 0 Å². The second kappa shape index (κ2) is 9.63. The van der Waals surface area contributed by atoms with Gasteiger partial charge in [-0.25, -0.2) is 9.37 Å². The first kappa shape index (κ1) is 24.8. The van der Waals surface area contributed by atoms with E-state index in [1.54, 1.807) is 6.92 Å². The molecule has 1 aliphatic heterocycles. The van der Waals surface area contributed by atoms with Crippen LogP contribution in [0.2, 0.25) is 0 Å². The van der Waals surface area contributed by atoms with Crippen LogP contribution >= 0.6 is 0 Å². The molecule has 0 aliphatic carbocycles. The van der Waals surface area contributed by atoms with Crippen molar-refractivity contribution in [2.24, 2.45) is 5.73 Å². The average Bonchev–Trinajstić information content (AvgIpc) is 3.39. The third kappa shape index (κ3) is 4.23. The summed E-state index contributed by atoms with van der Waals surface area (Å²) in [6, 6.07) is 16.1. The van der Waals surface area contributed by atoms with Gasteiger partial charge in [0, 0.05) is 37.6 Å². The molecule has 7 nitrogen and oxygen atoms in total. The lowest BCUT2D eigenvalue weighted by Crippen LogP contribution is -2.32. The molecule has 0 atom stereocenters. The average molecular weight is 522 g/mol. The van der Waals surface area contributed by atoms with Gasteiger partial charge in [-0.2, -0.15) is 0 Å². The quantitative estimate of drug-likeness (QED) is 0.345. The highest BCUT2D eigenvalue weighted by Crippen LogP contribution is 2.37. The molecule has 5 aromatic rings. The molecule has 0 unspecified atom stereocenters. The molecule has 0 saturated carbocycles. The van der Waals surface area contributed by atoms with E-state index in [2.05, 4.69) is 28.2 Å². The van der Waals surface area contributed by atoms with E-state index in [9.17, 15) is 14.0 Å². The number of aromatic nitrogens is 3. The lowest BCUT2D eigenvalue weighted by Gasteiger charge is -2.24. The highest BCUT2D eigenvalue weighted by Gasteiger charge is 2.19. The summed E-state index contributed by atoms with van der Waals surface area (Å²) in [5, 5.41) is 1.27. The maximum absolute atomic E-state index is 13.9. The number of rotatable bonds is 4. The summed E-state index contributed by atoms with van der Waals surface area (Å²) in [4.78, 5) is 34.9. The summed E-state index contributed by atoms with van der Waals surface area (Å²) in [6.07, 6.45) is 4.37. The maximum Gasteiger partial charge on any atom is 0.265 e. The van der Waals surface area contributed by atoms with Crippen LogP contribution < -0.4 is 11.3 Å². The molecule has 2 aromatic heterocycles. The van der Waals surface area contributed by atoms with E-state index < -0.39 is 5.82 Å². The van der Waals surface area contributed by atoms with Gasteiger partial charge in [0.25, 0.3) is 5.56 Å². The fourth-order valence-electron chi connectivity index (χ4n) is 5.50. The Balaban J connectivity index is 1.49. The molecule has 0 spiro atoms. The third-order valence-electron chi connectivity index (χ3n) is 7.68. The highest BCUT2D eigenvalue weighted by molar-refractivity contribution is 6.00. The fourth-order valence-corrected chi connectivity index (χ4v) is 5.50. The second-order valence-electron chi connectivity index (χ2n) is 9.92. The second-order valence-corrected chi connectivity index (χ2v) is 9.92. The van der Waals surface area contributed by atoms with Gasteiger partial charge in [-0.05, 0) is 71.5 Å². The van der Waals surface area contributed by atoms with Crippen LogP contribution in [-0.2, 0) is 11.3 Å². The van der Waals surface area contributed by atoms with Gasteiger partial charge in [0.05, 0.1) is 22.1 Å². The number of benzene rings is 3. The van der Waals surface area contributed by atoms with E-state index >= 15 is 0 Å². The van der Waals surface area contributed by atoms with Crippen molar-refractivity contribution in [1.82, 2.24) is 19.4 Å². The Morgan fingerprint density at radius 1 is 1.10 bits per heavy atom. The van der Waals surface area contributed by atoms with Gasteiger partial charge >= 0.3 is 0 Å². The van der Waals surface area contributed by atoms with Crippen LogP contribution in [0.25, 0.3) is 44.2 Å². The number of halogens is 1. The molecular formula is C31H28FN5O2. The first-order valence-corrected chi connectivity index (χ1v) is 12.9. The Bertz CT molecular complexity index is 1870. The lowest BCUT2D eigenvalue weighted by atomic mass is 9.94. The SMILES string of the molecule is CC(=O)N1CC=C(c2cc3c(-c4cccc(-n5cnc6ccc(F)cc6c5=O)c4C)ccc(CN)c3[nH]2)CC1. The molecule has 8 heteroatoms. The third-order valence-corrected chi connectivity index (χ3v) is 7.68. The molecule has 3 heterocycles. The number of nitrogens with one attached hydrogen (secondary N) is 1. The van der Waals surface area contributed by atoms with Crippen LogP contribution in [0.1, 0.15) is 30.2 Å². The van der Waals surface area contributed by atoms with Crippen molar-refractivity contribution in [1.29, 1.82) is 0 Å². The van der Waals surface area contributed by atoms with Crippen LogP contribution in [0.4, 0.5) is 4.39 Å². The smallest absolute Gasteiger partial charge is 0.265 e. The molecule has 0 fully saturated rings. The van der Waals surface area contributed by atoms with Gasteiger partial charge < -0.3 is 15.6 Å². The van der Waals surface area contributed by atoms with Crippen LogP contribution in [0, 0.1) is 12.7 Å². The largest absolute Gasteiger partial charge is 0.355 e. The lowest BCUT2D eigenvalue weighted by molar-refractivity contribution is -0.128. The summed E-state index contributed by atoms with van der Waals surface area (Å²) in [7, 11) is 0. The number of nitrogens with zero attached hydrogens (tertiary/aromatic N) is 3. The molecule has 3 N–H and O–H groups in total. The summed E-state index contributed by atoms with van der Waals surface area (Å²) in [5.41, 5.74) is 14.0. The summed E-state index contributed by atoms with van der Waals surface area (Å²) in [5.74, 6) is -0.395. The molecule has 0 saturated heterocycles. The van der Waals surface area contributed by atoms with Crippen molar-refractivity contribution >= 4 is 33.3 Å². The number of nitrogens with two attached hydrogens (primary N) is 1. The van der Waals surface area contributed by atoms with Crippen LogP contribution in [0.15, 0.2) is 71.8 Å². The Labute approximate surface area is 224 Å². The van der Waals surface area contributed by atoms with E-state index in [-0.39, 0.29) is 16.9 Å². The van der Waals surface area contributed by atoms with Crippen molar-refractivity contribution in [3.8, 4) is 16.8 Å². The normalized spacial score (nSPS) is 13.7. The van der Waals surface area contributed by atoms with E-state index in [0.717, 1.165) is 45.3 Å². The van der Waals surface area contributed by atoms with Crippen molar-refractivity contribution < 1.29 is 9.18 Å². The number of fused-ring (bicyclic) bond motifs is 2. The number of carbonyl (C=O) groups excluding carboxylic acids is 1. The number of aromatic amines is 1. The molecule has 3 aromatic carbocycles. The zero-order valence-corrected chi connectivity index (χ0v) is 21.8. The summed E-state index contributed by atoms with van der Waals surface area (Å²) >= 11 is 0. The number of carbonyl (C=O) groups is 1. The van der Waals surface area contributed by atoms with Gasteiger partial charge in [-0.1, -0.05) is 30.3 Å². The van der Waals surface area contributed by atoms with Gasteiger partial charge in [-0.15, -0.1) is 0 Å². The fraction of sp³-hybridized carbons (Fsp3) is 0.194.